The number of rotatable bonds is 7. The Morgan fingerprint density at radius 2 is 1.77 bits per heavy atom. The first-order chi connectivity index (χ1) is 21.1. The lowest BCUT2D eigenvalue weighted by Crippen LogP contribution is -2.51. The Balaban J connectivity index is 0.894. The summed E-state index contributed by atoms with van der Waals surface area (Å²) >= 11 is 0. The van der Waals surface area contributed by atoms with Crippen molar-refractivity contribution in [3.63, 3.8) is 0 Å². The van der Waals surface area contributed by atoms with E-state index in [9.17, 15) is 9.59 Å². The van der Waals surface area contributed by atoms with E-state index in [-0.39, 0.29) is 17.7 Å². The lowest BCUT2D eigenvalue weighted by molar-refractivity contribution is -0.132. The molecule has 0 radical (unpaired) electrons. The molecule has 2 amide bonds. The number of hydrogen-bond donors (Lipinski definition) is 3. The van der Waals surface area contributed by atoms with Crippen molar-refractivity contribution in [1.82, 2.24) is 50.6 Å². The molecule has 5 aromatic rings. The first-order valence-corrected chi connectivity index (χ1v) is 14.3. The van der Waals surface area contributed by atoms with Gasteiger partial charge in [0.1, 0.15) is 5.69 Å². The number of amides is 2. The number of piperazine rings is 1. The summed E-state index contributed by atoms with van der Waals surface area (Å²) < 4.78 is 0. The van der Waals surface area contributed by atoms with Gasteiger partial charge in [-0.2, -0.15) is 5.10 Å². The van der Waals surface area contributed by atoms with E-state index in [0.29, 0.717) is 62.2 Å². The van der Waals surface area contributed by atoms with E-state index in [1.807, 2.05) is 35.2 Å². The number of aromatic nitrogens is 8. The molecule has 5 heterocycles. The van der Waals surface area contributed by atoms with E-state index < -0.39 is 0 Å². The molecule has 7 rings (SSSR count). The van der Waals surface area contributed by atoms with Crippen LogP contribution in [0.4, 0.5) is 11.4 Å². The third-order valence-electron chi connectivity index (χ3n) is 8.09. The fraction of sp³-hybridized carbons (Fsp3) is 0.310. The van der Waals surface area contributed by atoms with Crippen LogP contribution in [0.3, 0.4) is 0 Å². The molecule has 2 aromatic carbocycles. The molecule has 2 fully saturated rings. The highest BCUT2D eigenvalue weighted by Gasteiger charge is 2.31. The summed E-state index contributed by atoms with van der Waals surface area (Å²) in [5, 5.41) is 24.9. The topological polar surface area (TPSA) is 165 Å². The summed E-state index contributed by atoms with van der Waals surface area (Å²) in [5.74, 6) is 1.01. The van der Waals surface area contributed by atoms with Crippen molar-refractivity contribution in [2.24, 2.45) is 5.92 Å². The molecule has 3 N–H and O–H groups in total. The van der Waals surface area contributed by atoms with E-state index in [4.69, 9.17) is 0 Å². The Labute approximate surface area is 246 Å². The third-order valence-corrected chi connectivity index (χ3v) is 8.09. The van der Waals surface area contributed by atoms with Crippen molar-refractivity contribution in [3.8, 4) is 22.9 Å². The predicted octanol–water partition coefficient (Wildman–Crippen LogP) is 1.81. The molecule has 1 atom stereocenters. The van der Waals surface area contributed by atoms with Crippen LogP contribution in [-0.2, 0) is 9.59 Å². The smallest absolute Gasteiger partial charge is 0.236 e. The lowest BCUT2D eigenvalue weighted by atomic mass is 10.1. The highest BCUT2D eigenvalue weighted by molar-refractivity contribution is 5.98. The molecule has 3 aromatic heterocycles. The number of likely N-dealkylation sites (tertiary alicyclic amines) is 1. The van der Waals surface area contributed by atoms with Gasteiger partial charge in [0, 0.05) is 67.4 Å². The normalized spacial score (nSPS) is 17.4. The maximum absolute atomic E-state index is 13.1. The molecule has 2 aliphatic rings. The largest absolute Gasteiger partial charge is 0.368 e. The van der Waals surface area contributed by atoms with Crippen LogP contribution >= 0.6 is 0 Å². The van der Waals surface area contributed by atoms with Crippen LogP contribution in [-0.4, -0.2) is 108 Å². The van der Waals surface area contributed by atoms with Gasteiger partial charge in [-0.25, -0.2) is 15.1 Å². The van der Waals surface area contributed by atoms with Gasteiger partial charge < -0.3 is 15.1 Å². The van der Waals surface area contributed by atoms with Crippen molar-refractivity contribution >= 4 is 34.1 Å². The second-order valence-electron chi connectivity index (χ2n) is 10.8. The molecule has 14 nitrogen and oxygen atoms in total. The molecule has 1 unspecified atom stereocenters. The summed E-state index contributed by atoms with van der Waals surface area (Å²) in [7, 11) is 0. The van der Waals surface area contributed by atoms with Crippen LogP contribution in [0.25, 0.3) is 33.8 Å². The summed E-state index contributed by atoms with van der Waals surface area (Å²) in [6.45, 7) is 4.47. The Bertz CT molecular complexity index is 1710. The zero-order valence-electron chi connectivity index (χ0n) is 23.3. The first-order valence-electron chi connectivity index (χ1n) is 14.3. The highest BCUT2D eigenvalue weighted by atomic mass is 16.2. The Hall–Kier alpha value is -5.24. The molecule has 43 heavy (non-hydrogen) atoms. The highest BCUT2D eigenvalue weighted by Crippen LogP contribution is 2.27. The standard InChI is InChI=1S/C29H30N12O2/c42-25(41-14-12-40(13-15-41)22-5-2-19(3-6-22)27-30-9-1-10-31-27)18-39-11-8-20(17-39)29(43)32-21-4-7-24-23(16-21)26(34-33-24)28-35-37-38-36-28/h1-7,9-10,16,20H,8,11-15,17-18H2,(H,32,43)(H,33,34)(H,35,36,37,38). The first kappa shape index (κ1) is 26.6. The van der Waals surface area contributed by atoms with Gasteiger partial charge in [0.25, 0.3) is 0 Å². The van der Waals surface area contributed by atoms with Gasteiger partial charge >= 0.3 is 0 Å². The number of hydrogen-bond acceptors (Lipinski definition) is 10. The summed E-state index contributed by atoms with van der Waals surface area (Å²) in [6.07, 6.45) is 4.19. The Kier molecular flexibility index (Phi) is 7.17. The van der Waals surface area contributed by atoms with E-state index >= 15 is 0 Å². The zero-order valence-corrected chi connectivity index (χ0v) is 23.3. The quantitative estimate of drug-likeness (QED) is 0.259. The molecule has 2 aliphatic heterocycles. The average molecular weight is 579 g/mol. The molecule has 0 spiro atoms. The van der Waals surface area contributed by atoms with Crippen LogP contribution in [0.15, 0.2) is 60.9 Å². The van der Waals surface area contributed by atoms with Crippen molar-refractivity contribution in [1.29, 1.82) is 0 Å². The minimum atomic E-state index is -0.188. The number of nitrogens with zero attached hydrogens (tertiary/aromatic N) is 9. The van der Waals surface area contributed by atoms with Crippen LogP contribution in [0.5, 0.6) is 0 Å². The number of fused-ring (bicyclic) bond motifs is 1. The minimum absolute atomic E-state index is 0.0564. The van der Waals surface area contributed by atoms with E-state index in [1.54, 1.807) is 18.5 Å². The van der Waals surface area contributed by atoms with Gasteiger partial charge in [-0.1, -0.05) is 0 Å². The molecular weight excluding hydrogens is 548 g/mol. The van der Waals surface area contributed by atoms with Crippen LogP contribution in [0.1, 0.15) is 6.42 Å². The van der Waals surface area contributed by atoms with Gasteiger partial charge in [0.05, 0.1) is 18.0 Å². The van der Waals surface area contributed by atoms with Gasteiger partial charge in [-0.05, 0) is 71.9 Å². The summed E-state index contributed by atoms with van der Waals surface area (Å²) in [6, 6.07) is 15.6. The number of benzene rings is 2. The van der Waals surface area contributed by atoms with Gasteiger partial charge in [-0.15, -0.1) is 5.10 Å². The van der Waals surface area contributed by atoms with Gasteiger partial charge in [-0.3, -0.25) is 19.6 Å². The van der Waals surface area contributed by atoms with E-state index in [1.165, 1.54) is 0 Å². The zero-order chi connectivity index (χ0) is 29.2. The number of anilines is 2. The van der Waals surface area contributed by atoms with Crippen molar-refractivity contribution in [2.75, 3.05) is 56.0 Å². The number of H-pyrrole nitrogens is 2. The van der Waals surface area contributed by atoms with Gasteiger partial charge in [0.2, 0.25) is 17.6 Å². The number of carbonyl (C=O) groups is 2. The molecular formula is C29H30N12O2. The Morgan fingerprint density at radius 3 is 2.53 bits per heavy atom. The maximum Gasteiger partial charge on any atom is 0.236 e. The average Bonchev–Trinajstić information content (AvgIpc) is 3.83. The number of tetrazole rings is 1. The van der Waals surface area contributed by atoms with Crippen LogP contribution in [0, 0.1) is 5.92 Å². The van der Waals surface area contributed by atoms with Crippen molar-refractivity contribution < 1.29 is 9.59 Å². The number of aromatic amines is 2. The number of carbonyl (C=O) groups excluding carboxylic acids is 2. The SMILES string of the molecule is O=C(Nc1ccc2[nH]nc(-c3nnn[nH]3)c2c1)C1CCN(CC(=O)N2CCN(c3ccc(-c4ncccn4)cc3)CC2)C1. The summed E-state index contributed by atoms with van der Waals surface area (Å²) in [5.41, 5.74) is 4.16. The fourth-order valence-corrected chi connectivity index (χ4v) is 5.74. The summed E-state index contributed by atoms with van der Waals surface area (Å²) in [4.78, 5) is 41.1. The fourth-order valence-electron chi connectivity index (χ4n) is 5.74. The van der Waals surface area contributed by atoms with Crippen LogP contribution < -0.4 is 10.2 Å². The third kappa shape index (κ3) is 5.64. The molecule has 218 valence electrons. The lowest BCUT2D eigenvalue weighted by Gasteiger charge is -2.36. The molecule has 0 saturated carbocycles. The van der Waals surface area contributed by atoms with Crippen molar-refractivity contribution in [3.05, 3.63) is 60.9 Å². The van der Waals surface area contributed by atoms with Gasteiger partial charge in [0.15, 0.2) is 5.82 Å². The van der Waals surface area contributed by atoms with E-state index in [0.717, 1.165) is 35.2 Å². The molecule has 0 aliphatic carbocycles. The Morgan fingerprint density at radius 1 is 0.953 bits per heavy atom. The monoisotopic (exact) mass is 578 g/mol. The van der Waals surface area contributed by atoms with Crippen molar-refractivity contribution in [2.45, 2.75) is 6.42 Å². The number of nitrogens with one attached hydrogen (secondary N) is 3. The minimum Gasteiger partial charge on any atom is -0.368 e. The molecule has 2 saturated heterocycles. The maximum atomic E-state index is 13.1. The molecule has 0 bridgehead atoms. The molecule has 14 heteroatoms. The van der Waals surface area contributed by atoms with Crippen LogP contribution in [0.2, 0.25) is 0 Å². The predicted molar refractivity (Wildman–Crippen MR) is 159 cm³/mol. The second kappa shape index (κ2) is 11.6. The second-order valence-corrected chi connectivity index (χ2v) is 10.8. The van der Waals surface area contributed by atoms with E-state index in [2.05, 4.69) is 68.0 Å².